The van der Waals surface area contributed by atoms with Crippen LogP contribution in [-0.4, -0.2) is 0 Å². The average molecular weight is 852 g/mol. The first kappa shape index (κ1) is 37.6. The van der Waals surface area contributed by atoms with E-state index in [1.807, 2.05) is 6.07 Å². The van der Waals surface area contributed by atoms with Crippen LogP contribution in [0.4, 0.5) is 17.1 Å². The first-order valence-corrected chi connectivity index (χ1v) is 23.2. The number of anilines is 3. The molecule has 0 radical (unpaired) electrons. The van der Waals surface area contributed by atoms with Crippen LogP contribution in [0.5, 0.6) is 0 Å². The van der Waals surface area contributed by atoms with E-state index in [1.165, 1.54) is 77.5 Å². The summed E-state index contributed by atoms with van der Waals surface area (Å²) in [5.74, 6) is 0. The minimum atomic E-state index is -0.430. The Morgan fingerprint density at radius 3 is 1.49 bits per heavy atom. The Morgan fingerprint density at radius 2 is 0.761 bits per heavy atom. The molecule has 0 saturated heterocycles. The standard InChI is InChI=1S/C65H41NO/c1-2-18-47-42(16-1)17-13-24-48(47)43-34-38-45(39-35-43)66(46-40-36-44(37-41-46)49-25-15-33-62-64(49)55-23-7-12-32-61(55)67-62)60-31-11-6-21-52(60)53-26-14-30-59-63(53)54-22-5-10-29-58(54)65(59)56-27-8-3-19-50(56)51-20-4-9-28-57(51)65/h1-41H. The van der Waals surface area contributed by atoms with Crippen LogP contribution in [0.25, 0.3) is 88.3 Å². The van der Waals surface area contributed by atoms with Crippen LogP contribution in [0, 0.1) is 0 Å². The fourth-order valence-corrected chi connectivity index (χ4v) is 11.8. The summed E-state index contributed by atoms with van der Waals surface area (Å²) in [6.07, 6.45) is 0. The molecule has 2 heteroatoms. The minimum Gasteiger partial charge on any atom is -0.456 e. The molecule has 0 N–H and O–H groups in total. The second-order valence-electron chi connectivity index (χ2n) is 17.9. The lowest BCUT2D eigenvalue weighted by Gasteiger charge is -2.31. The predicted molar refractivity (Wildman–Crippen MR) is 279 cm³/mol. The van der Waals surface area contributed by atoms with Crippen molar-refractivity contribution in [3.8, 4) is 55.6 Å². The highest BCUT2D eigenvalue weighted by atomic mass is 16.3. The molecule has 0 aliphatic heterocycles. The molecular weight excluding hydrogens is 811 g/mol. The summed E-state index contributed by atoms with van der Waals surface area (Å²) in [5.41, 5.74) is 22.3. The van der Waals surface area contributed by atoms with Crippen LogP contribution in [0.2, 0.25) is 0 Å². The summed E-state index contributed by atoms with van der Waals surface area (Å²) in [7, 11) is 0. The lowest BCUT2D eigenvalue weighted by molar-refractivity contribution is 0.669. The van der Waals surface area contributed by atoms with Gasteiger partial charge in [-0.2, -0.15) is 0 Å². The van der Waals surface area contributed by atoms with E-state index >= 15 is 0 Å². The van der Waals surface area contributed by atoms with Crippen molar-refractivity contribution < 1.29 is 4.42 Å². The average Bonchev–Trinajstić information content (AvgIpc) is 4.04. The summed E-state index contributed by atoms with van der Waals surface area (Å²) in [5, 5.41) is 4.75. The van der Waals surface area contributed by atoms with Gasteiger partial charge in [-0.05, 0) is 126 Å². The number of fused-ring (bicyclic) bond motifs is 14. The fourth-order valence-electron chi connectivity index (χ4n) is 11.8. The van der Waals surface area contributed by atoms with Crippen molar-refractivity contribution in [1.82, 2.24) is 0 Å². The van der Waals surface area contributed by atoms with E-state index in [9.17, 15) is 0 Å². The van der Waals surface area contributed by atoms with Gasteiger partial charge in [0.1, 0.15) is 11.2 Å². The number of furan rings is 1. The number of para-hydroxylation sites is 2. The maximum absolute atomic E-state index is 6.32. The molecule has 11 aromatic carbocycles. The van der Waals surface area contributed by atoms with Crippen molar-refractivity contribution in [3.63, 3.8) is 0 Å². The lowest BCUT2D eigenvalue weighted by Crippen LogP contribution is -2.25. The highest BCUT2D eigenvalue weighted by molar-refractivity contribution is 6.12. The van der Waals surface area contributed by atoms with Crippen molar-refractivity contribution >= 4 is 49.8 Å². The third-order valence-electron chi connectivity index (χ3n) is 14.5. The topological polar surface area (TPSA) is 16.4 Å². The zero-order valence-corrected chi connectivity index (χ0v) is 36.5. The van der Waals surface area contributed by atoms with E-state index < -0.39 is 5.41 Å². The number of hydrogen-bond acceptors (Lipinski definition) is 2. The maximum Gasteiger partial charge on any atom is 0.136 e. The van der Waals surface area contributed by atoms with Crippen molar-refractivity contribution in [3.05, 3.63) is 271 Å². The smallest absolute Gasteiger partial charge is 0.136 e. The molecule has 14 rings (SSSR count). The normalized spacial score (nSPS) is 12.9. The van der Waals surface area contributed by atoms with E-state index in [-0.39, 0.29) is 0 Å². The van der Waals surface area contributed by atoms with Crippen LogP contribution in [0.3, 0.4) is 0 Å². The van der Waals surface area contributed by atoms with E-state index in [0.717, 1.165) is 50.1 Å². The molecule has 67 heavy (non-hydrogen) atoms. The second-order valence-corrected chi connectivity index (χ2v) is 17.9. The van der Waals surface area contributed by atoms with Gasteiger partial charge in [0, 0.05) is 27.7 Å². The van der Waals surface area contributed by atoms with E-state index in [1.54, 1.807) is 0 Å². The Morgan fingerprint density at radius 1 is 0.299 bits per heavy atom. The van der Waals surface area contributed by atoms with E-state index in [4.69, 9.17) is 4.42 Å². The van der Waals surface area contributed by atoms with E-state index in [2.05, 4.69) is 248 Å². The predicted octanol–water partition coefficient (Wildman–Crippen LogP) is 17.6. The third-order valence-corrected chi connectivity index (χ3v) is 14.5. The van der Waals surface area contributed by atoms with Crippen LogP contribution in [0.1, 0.15) is 22.3 Å². The van der Waals surface area contributed by atoms with Gasteiger partial charge in [-0.1, -0.05) is 206 Å². The molecule has 0 bridgehead atoms. The van der Waals surface area contributed by atoms with Gasteiger partial charge in [0.25, 0.3) is 0 Å². The summed E-state index contributed by atoms with van der Waals surface area (Å²) in [6.45, 7) is 0. The fraction of sp³-hybridized carbons (Fsp3) is 0.0154. The Kier molecular flexibility index (Phi) is 8.23. The van der Waals surface area contributed by atoms with Gasteiger partial charge in [-0.15, -0.1) is 0 Å². The minimum absolute atomic E-state index is 0.430. The maximum atomic E-state index is 6.32. The first-order chi connectivity index (χ1) is 33.3. The molecule has 0 atom stereocenters. The molecule has 1 heterocycles. The Bertz CT molecular complexity index is 3880. The number of benzene rings is 11. The molecule has 0 unspecified atom stereocenters. The Hall–Kier alpha value is -8.72. The van der Waals surface area contributed by atoms with Crippen molar-refractivity contribution in [2.45, 2.75) is 5.41 Å². The molecule has 1 aromatic heterocycles. The molecule has 1 spiro atoms. The van der Waals surface area contributed by atoms with Gasteiger partial charge in [0.15, 0.2) is 0 Å². The lowest BCUT2D eigenvalue weighted by atomic mass is 9.70. The van der Waals surface area contributed by atoms with Gasteiger partial charge in [-0.3, -0.25) is 0 Å². The zero-order chi connectivity index (χ0) is 44.1. The summed E-state index contributed by atoms with van der Waals surface area (Å²) < 4.78 is 6.32. The molecular formula is C65H41NO. The van der Waals surface area contributed by atoms with Gasteiger partial charge >= 0.3 is 0 Å². The monoisotopic (exact) mass is 851 g/mol. The summed E-state index contributed by atoms with van der Waals surface area (Å²) in [6, 6.07) is 91.3. The molecule has 0 fully saturated rings. The molecule has 12 aromatic rings. The SMILES string of the molecule is c1ccc(N(c2ccc(-c3cccc4ccccc34)cc2)c2ccc(-c3cccc4oc5ccccc5c34)cc2)c(-c2cccc3c2-c2ccccc2C32c3ccccc3-c3ccccc32)c1. The van der Waals surface area contributed by atoms with Gasteiger partial charge in [-0.25, -0.2) is 0 Å². The Labute approximate surface area is 389 Å². The quantitative estimate of drug-likeness (QED) is 0.166. The number of hydrogen-bond donors (Lipinski definition) is 0. The third kappa shape index (κ3) is 5.45. The molecule has 2 nitrogen and oxygen atoms in total. The van der Waals surface area contributed by atoms with Crippen molar-refractivity contribution in [2.75, 3.05) is 4.90 Å². The number of rotatable bonds is 6. The zero-order valence-electron chi connectivity index (χ0n) is 36.5. The second kappa shape index (κ2) is 14.7. The molecule has 2 aliphatic carbocycles. The van der Waals surface area contributed by atoms with Crippen molar-refractivity contribution in [1.29, 1.82) is 0 Å². The van der Waals surface area contributed by atoms with Gasteiger partial charge < -0.3 is 9.32 Å². The van der Waals surface area contributed by atoms with Gasteiger partial charge in [0.2, 0.25) is 0 Å². The van der Waals surface area contributed by atoms with E-state index in [0.29, 0.717) is 0 Å². The highest BCUT2D eigenvalue weighted by Crippen LogP contribution is 2.64. The van der Waals surface area contributed by atoms with Crippen LogP contribution < -0.4 is 4.90 Å². The van der Waals surface area contributed by atoms with Crippen LogP contribution in [0.15, 0.2) is 253 Å². The van der Waals surface area contributed by atoms with Gasteiger partial charge in [0.05, 0.1) is 11.1 Å². The summed E-state index contributed by atoms with van der Waals surface area (Å²) in [4.78, 5) is 2.44. The molecule has 0 amide bonds. The van der Waals surface area contributed by atoms with Crippen molar-refractivity contribution in [2.24, 2.45) is 0 Å². The highest BCUT2D eigenvalue weighted by Gasteiger charge is 2.52. The molecule has 312 valence electrons. The summed E-state index contributed by atoms with van der Waals surface area (Å²) >= 11 is 0. The molecule has 2 aliphatic rings. The number of nitrogens with zero attached hydrogens (tertiary/aromatic N) is 1. The first-order valence-electron chi connectivity index (χ1n) is 23.2. The Balaban J connectivity index is 0.969. The molecule has 0 saturated carbocycles. The van der Waals surface area contributed by atoms with Crippen LogP contribution >= 0.6 is 0 Å². The largest absolute Gasteiger partial charge is 0.456 e. The van der Waals surface area contributed by atoms with Crippen LogP contribution in [-0.2, 0) is 5.41 Å².